The third-order valence-electron chi connectivity index (χ3n) is 2.71. The molecule has 0 unspecified atom stereocenters. The van der Waals surface area contributed by atoms with Gasteiger partial charge < -0.3 is 5.11 Å². The minimum Gasteiger partial charge on any atom is -0.393 e. The van der Waals surface area contributed by atoms with Gasteiger partial charge >= 0.3 is 0 Å². The first-order chi connectivity index (χ1) is 6.05. The van der Waals surface area contributed by atoms with Gasteiger partial charge in [-0.1, -0.05) is 6.08 Å². The fourth-order valence-corrected chi connectivity index (χ4v) is 1.81. The van der Waals surface area contributed by atoms with E-state index in [0.717, 1.165) is 0 Å². The lowest BCUT2D eigenvalue weighted by molar-refractivity contribution is -0.0616. The maximum Gasteiger partial charge on any atom is 0.248 e. The average molecular weight is 224 g/mol. The predicted octanol–water partition coefficient (Wildman–Crippen LogP) is 2.86. The molecule has 0 bridgehead atoms. The van der Waals surface area contributed by atoms with Gasteiger partial charge in [-0.05, 0) is 25.2 Å². The van der Waals surface area contributed by atoms with Gasteiger partial charge in [-0.15, -0.1) is 6.58 Å². The Bertz CT molecular complexity index is 175. The van der Waals surface area contributed by atoms with Gasteiger partial charge in [0, 0.05) is 12.8 Å². The lowest BCUT2D eigenvalue weighted by atomic mass is 9.82. The van der Waals surface area contributed by atoms with Crippen molar-refractivity contribution >= 4 is 13.5 Å². The van der Waals surface area contributed by atoms with Crippen molar-refractivity contribution in [3.05, 3.63) is 12.7 Å². The zero-order chi connectivity index (χ0) is 9.90. The smallest absolute Gasteiger partial charge is 0.248 e. The number of rotatable bonds is 3. The molecule has 0 aromatic carbocycles. The molecule has 1 aliphatic carbocycles. The lowest BCUT2D eigenvalue weighted by Crippen LogP contribution is -2.30. The number of halogens is 2. The number of hydrogen-bond acceptors (Lipinski definition) is 1. The van der Waals surface area contributed by atoms with Crippen LogP contribution in [0.25, 0.3) is 0 Å². The van der Waals surface area contributed by atoms with Gasteiger partial charge in [0.25, 0.3) is 0 Å². The molecular formula is C10H18F2OS. The molecule has 1 atom stereocenters. The third-order valence-corrected chi connectivity index (χ3v) is 2.71. The highest BCUT2D eigenvalue weighted by Gasteiger charge is 2.36. The molecule has 0 aromatic rings. The van der Waals surface area contributed by atoms with Crippen LogP contribution in [0.2, 0.25) is 0 Å². The summed E-state index contributed by atoms with van der Waals surface area (Å²) in [7, 11) is 0. The summed E-state index contributed by atoms with van der Waals surface area (Å²) in [4.78, 5) is 0. The van der Waals surface area contributed by atoms with E-state index in [1.165, 1.54) is 0 Å². The normalized spacial score (nSPS) is 23.6. The molecule has 0 aliphatic heterocycles. The molecule has 1 N–H and O–H groups in total. The van der Waals surface area contributed by atoms with Crippen molar-refractivity contribution in [2.24, 2.45) is 5.92 Å². The van der Waals surface area contributed by atoms with Gasteiger partial charge in [-0.25, -0.2) is 8.78 Å². The van der Waals surface area contributed by atoms with Crippen molar-refractivity contribution in [1.29, 1.82) is 0 Å². The van der Waals surface area contributed by atoms with Crippen molar-refractivity contribution in [2.45, 2.75) is 44.1 Å². The SMILES string of the molecule is C=CC[C@H](O)C1CCC(F)(F)CC1.S. The van der Waals surface area contributed by atoms with Crippen molar-refractivity contribution in [1.82, 2.24) is 0 Å². The highest BCUT2D eigenvalue weighted by atomic mass is 32.1. The summed E-state index contributed by atoms with van der Waals surface area (Å²) < 4.78 is 25.5. The Balaban J connectivity index is 0.00000169. The van der Waals surface area contributed by atoms with Gasteiger partial charge in [0.15, 0.2) is 0 Å². The second kappa shape index (κ2) is 5.71. The highest BCUT2D eigenvalue weighted by molar-refractivity contribution is 7.59. The first-order valence-electron chi connectivity index (χ1n) is 4.72. The molecule has 0 heterocycles. The van der Waals surface area contributed by atoms with E-state index in [4.69, 9.17) is 0 Å². The van der Waals surface area contributed by atoms with Crippen molar-refractivity contribution in [3.63, 3.8) is 0 Å². The molecule has 0 amide bonds. The molecule has 0 aromatic heterocycles. The number of aliphatic hydroxyl groups excluding tert-OH is 1. The maximum absolute atomic E-state index is 12.7. The molecular weight excluding hydrogens is 206 g/mol. The van der Waals surface area contributed by atoms with Crippen LogP contribution in [0.1, 0.15) is 32.1 Å². The summed E-state index contributed by atoms with van der Waals surface area (Å²) >= 11 is 0. The van der Waals surface area contributed by atoms with Gasteiger partial charge in [0.1, 0.15) is 0 Å². The van der Waals surface area contributed by atoms with Gasteiger partial charge in [0.2, 0.25) is 5.92 Å². The Labute approximate surface area is 90.6 Å². The van der Waals surface area contributed by atoms with Crippen molar-refractivity contribution < 1.29 is 13.9 Å². The van der Waals surface area contributed by atoms with Gasteiger partial charge in [-0.3, -0.25) is 0 Å². The molecule has 0 saturated heterocycles. The van der Waals surface area contributed by atoms with Crippen LogP contribution < -0.4 is 0 Å². The fraction of sp³-hybridized carbons (Fsp3) is 0.800. The number of aliphatic hydroxyl groups is 1. The van der Waals surface area contributed by atoms with Crippen LogP contribution in [0.4, 0.5) is 8.78 Å². The summed E-state index contributed by atoms with van der Waals surface area (Å²) in [5.41, 5.74) is 0. The van der Waals surface area contributed by atoms with E-state index in [9.17, 15) is 13.9 Å². The van der Waals surface area contributed by atoms with E-state index in [0.29, 0.717) is 19.3 Å². The topological polar surface area (TPSA) is 20.2 Å². The predicted molar refractivity (Wildman–Crippen MR) is 58.1 cm³/mol. The molecule has 1 aliphatic rings. The molecule has 0 spiro atoms. The van der Waals surface area contributed by atoms with Crippen LogP contribution in [-0.4, -0.2) is 17.1 Å². The number of alkyl halides is 2. The molecule has 1 rings (SSSR count). The lowest BCUT2D eigenvalue weighted by Gasteiger charge is -2.30. The van der Waals surface area contributed by atoms with Crippen LogP contribution in [0, 0.1) is 5.92 Å². The van der Waals surface area contributed by atoms with E-state index >= 15 is 0 Å². The summed E-state index contributed by atoms with van der Waals surface area (Å²) in [6, 6.07) is 0. The van der Waals surface area contributed by atoms with Crippen LogP contribution in [0.3, 0.4) is 0 Å². The van der Waals surface area contributed by atoms with Crippen LogP contribution in [0.15, 0.2) is 12.7 Å². The fourth-order valence-electron chi connectivity index (χ4n) is 1.81. The monoisotopic (exact) mass is 224 g/mol. The van der Waals surface area contributed by atoms with Crippen molar-refractivity contribution in [3.8, 4) is 0 Å². The molecule has 1 nitrogen and oxygen atoms in total. The standard InChI is InChI=1S/C10H16F2O.H2S/c1-2-3-9(13)8-4-6-10(11,12)7-5-8;/h2,8-9,13H,1,3-7H2;1H2/t9-;/m0./s1. The second-order valence-electron chi connectivity index (χ2n) is 3.79. The van der Waals surface area contributed by atoms with Crippen LogP contribution >= 0.6 is 13.5 Å². The Morgan fingerprint density at radius 2 is 1.93 bits per heavy atom. The quantitative estimate of drug-likeness (QED) is 0.731. The van der Waals surface area contributed by atoms with Gasteiger partial charge in [0.05, 0.1) is 6.10 Å². The Morgan fingerprint density at radius 3 is 2.36 bits per heavy atom. The zero-order valence-electron chi connectivity index (χ0n) is 8.18. The van der Waals surface area contributed by atoms with E-state index in [1.54, 1.807) is 6.08 Å². The van der Waals surface area contributed by atoms with E-state index < -0.39 is 12.0 Å². The minimum atomic E-state index is -2.50. The molecule has 0 radical (unpaired) electrons. The highest BCUT2D eigenvalue weighted by Crippen LogP contribution is 2.37. The summed E-state index contributed by atoms with van der Waals surface area (Å²) in [5, 5.41) is 9.53. The zero-order valence-corrected chi connectivity index (χ0v) is 9.18. The maximum atomic E-state index is 12.7. The first-order valence-corrected chi connectivity index (χ1v) is 4.72. The molecule has 4 heteroatoms. The number of hydrogen-bond donors (Lipinski definition) is 1. The average Bonchev–Trinajstić information content (AvgIpc) is 2.04. The summed E-state index contributed by atoms with van der Waals surface area (Å²) in [5.74, 6) is -2.46. The Kier molecular flexibility index (Phi) is 5.67. The van der Waals surface area contributed by atoms with Gasteiger partial charge in [-0.2, -0.15) is 13.5 Å². The molecule has 14 heavy (non-hydrogen) atoms. The third kappa shape index (κ3) is 3.96. The van der Waals surface area contributed by atoms with E-state index in [-0.39, 0.29) is 32.3 Å². The molecule has 1 fully saturated rings. The first kappa shape index (κ1) is 13.9. The largest absolute Gasteiger partial charge is 0.393 e. The Morgan fingerprint density at radius 1 is 1.43 bits per heavy atom. The summed E-state index contributed by atoms with van der Waals surface area (Å²) in [6.07, 6.45) is 2.38. The van der Waals surface area contributed by atoms with Crippen LogP contribution in [0.5, 0.6) is 0 Å². The molecule has 1 saturated carbocycles. The van der Waals surface area contributed by atoms with E-state index in [2.05, 4.69) is 6.58 Å². The van der Waals surface area contributed by atoms with Crippen molar-refractivity contribution in [2.75, 3.05) is 0 Å². The van der Waals surface area contributed by atoms with Crippen LogP contribution in [-0.2, 0) is 0 Å². The minimum absolute atomic E-state index is 0. The molecule has 84 valence electrons. The second-order valence-corrected chi connectivity index (χ2v) is 3.79. The van der Waals surface area contributed by atoms with E-state index in [1.807, 2.05) is 0 Å². The Hall–Kier alpha value is -0.0900. The summed E-state index contributed by atoms with van der Waals surface area (Å²) in [6.45, 7) is 3.52.